The van der Waals surface area contributed by atoms with E-state index in [0.29, 0.717) is 35.1 Å². The summed E-state index contributed by atoms with van der Waals surface area (Å²) in [4.78, 5) is 37.9. The van der Waals surface area contributed by atoms with Crippen LogP contribution in [0.15, 0.2) is 29.6 Å². The zero-order valence-corrected chi connectivity index (χ0v) is 21.9. The highest BCUT2D eigenvalue weighted by atomic mass is 16.6. The molecule has 0 saturated heterocycles. The van der Waals surface area contributed by atoms with E-state index in [1.54, 1.807) is 22.0 Å². The second-order valence-electron chi connectivity index (χ2n) is 11.1. The number of aryl methyl sites for hydroxylation is 1. The Morgan fingerprint density at radius 3 is 2.67 bits per heavy atom. The third-order valence-electron chi connectivity index (χ3n) is 6.53. The van der Waals surface area contributed by atoms with Crippen molar-refractivity contribution in [3.05, 3.63) is 52.0 Å². The van der Waals surface area contributed by atoms with E-state index in [4.69, 9.17) is 9.84 Å². The molecule has 4 aromatic heterocycles. The second kappa shape index (κ2) is 8.46. The minimum atomic E-state index is -0.609. The van der Waals surface area contributed by atoms with Crippen molar-refractivity contribution in [3.63, 3.8) is 0 Å². The van der Waals surface area contributed by atoms with Gasteiger partial charge in [-0.15, -0.1) is 0 Å². The number of nitrogens with zero attached hydrogens (tertiary/aromatic N) is 7. The summed E-state index contributed by atoms with van der Waals surface area (Å²) in [6.45, 7) is 12.0. The normalized spacial score (nSPS) is 16.2. The van der Waals surface area contributed by atoms with Gasteiger partial charge in [0.15, 0.2) is 0 Å². The first kappa shape index (κ1) is 24.0. The minimum absolute atomic E-state index is 0.138. The van der Waals surface area contributed by atoms with Crippen LogP contribution < -0.4 is 5.56 Å². The summed E-state index contributed by atoms with van der Waals surface area (Å²) in [5.41, 5.74) is 3.88. The van der Waals surface area contributed by atoms with Crippen molar-refractivity contribution in [2.45, 2.75) is 72.6 Å². The third kappa shape index (κ3) is 4.04. The van der Waals surface area contributed by atoms with Crippen molar-refractivity contribution in [1.82, 2.24) is 33.6 Å². The molecular formula is C26H33N7O3. The van der Waals surface area contributed by atoms with Gasteiger partial charge in [-0.05, 0) is 40.0 Å². The molecule has 0 spiro atoms. The molecule has 5 heterocycles. The largest absolute Gasteiger partial charge is 0.444 e. The molecule has 0 saturated carbocycles. The van der Waals surface area contributed by atoms with E-state index in [-0.39, 0.29) is 18.1 Å². The molecule has 1 aliphatic heterocycles. The van der Waals surface area contributed by atoms with Crippen LogP contribution in [0.3, 0.4) is 0 Å². The molecule has 5 rings (SSSR count). The highest BCUT2D eigenvalue weighted by molar-refractivity contribution is 5.76. The highest BCUT2D eigenvalue weighted by Crippen LogP contribution is 2.27. The van der Waals surface area contributed by atoms with Gasteiger partial charge in [0, 0.05) is 36.7 Å². The lowest BCUT2D eigenvalue weighted by Gasteiger charge is -2.36. The predicted molar refractivity (Wildman–Crippen MR) is 136 cm³/mol. The van der Waals surface area contributed by atoms with Gasteiger partial charge in [0.1, 0.15) is 17.1 Å². The van der Waals surface area contributed by atoms with Gasteiger partial charge < -0.3 is 9.30 Å². The number of carbonyl (C=O) groups is 1. The van der Waals surface area contributed by atoms with Crippen LogP contribution in [0.25, 0.3) is 22.5 Å². The van der Waals surface area contributed by atoms with Crippen molar-refractivity contribution in [3.8, 4) is 5.82 Å². The monoisotopic (exact) mass is 491 g/mol. The summed E-state index contributed by atoms with van der Waals surface area (Å²) in [6.07, 6.45) is 6.05. The topological polar surface area (TPSA) is 99.5 Å². The summed E-state index contributed by atoms with van der Waals surface area (Å²) in [6, 6.07) is 1.64. The number of hydrogen-bond acceptors (Lipinski definition) is 6. The molecule has 0 N–H and O–H groups in total. The van der Waals surface area contributed by atoms with E-state index in [0.717, 1.165) is 23.0 Å². The van der Waals surface area contributed by atoms with Crippen LogP contribution in [0, 0.1) is 5.92 Å². The highest BCUT2D eigenvalue weighted by Gasteiger charge is 2.35. The number of rotatable bonds is 3. The Hall–Kier alpha value is -3.69. The number of carbonyl (C=O) groups excluding carboxylic acids is 1. The average molecular weight is 492 g/mol. The second-order valence-corrected chi connectivity index (χ2v) is 11.1. The zero-order valence-electron chi connectivity index (χ0n) is 21.9. The third-order valence-corrected chi connectivity index (χ3v) is 6.53. The van der Waals surface area contributed by atoms with Gasteiger partial charge in [-0.1, -0.05) is 13.8 Å². The van der Waals surface area contributed by atoms with Crippen molar-refractivity contribution in [2.75, 3.05) is 0 Å². The first-order chi connectivity index (χ1) is 16.9. The van der Waals surface area contributed by atoms with E-state index < -0.39 is 11.7 Å². The first-order valence-electron chi connectivity index (χ1n) is 12.3. The summed E-state index contributed by atoms with van der Waals surface area (Å²) in [7, 11) is 1.91. The van der Waals surface area contributed by atoms with Crippen LogP contribution in [0.4, 0.5) is 4.79 Å². The van der Waals surface area contributed by atoms with Crippen LogP contribution in [0.5, 0.6) is 0 Å². The fourth-order valence-electron chi connectivity index (χ4n) is 4.88. The number of ether oxygens (including phenoxy) is 1. The van der Waals surface area contributed by atoms with Gasteiger partial charge in [-0.2, -0.15) is 5.10 Å². The summed E-state index contributed by atoms with van der Waals surface area (Å²) < 4.78 is 11.0. The minimum Gasteiger partial charge on any atom is -0.444 e. The van der Waals surface area contributed by atoms with Gasteiger partial charge in [0.2, 0.25) is 0 Å². The molecular weight excluding hydrogens is 458 g/mol. The van der Waals surface area contributed by atoms with Crippen LogP contribution >= 0.6 is 0 Å². The molecule has 0 aliphatic carbocycles. The van der Waals surface area contributed by atoms with E-state index in [1.807, 2.05) is 56.1 Å². The quantitative estimate of drug-likeness (QED) is 0.434. The number of aromatic nitrogens is 6. The van der Waals surface area contributed by atoms with E-state index >= 15 is 0 Å². The van der Waals surface area contributed by atoms with Gasteiger partial charge in [0.05, 0.1) is 42.0 Å². The summed E-state index contributed by atoms with van der Waals surface area (Å²) in [5.74, 6) is 0.869. The zero-order chi connectivity index (χ0) is 25.9. The van der Waals surface area contributed by atoms with Crippen molar-refractivity contribution < 1.29 is 9.53 Å². The fourth-order valence-corrected chi connectivity index (χ4v) is 4.88. The molecule has 1 amide bonds. The fraction of sp³-hybridized carbons (Fsp3) is 0.500. The molecule has 4 aromatic rings. The van der Waals surface area contributed by atoms with Crippen molar-refractivity contribution >= 4 is 22.8 Å². The van der Waals surface area contributed by atoms with Crippen LogP contribution in [0.2, 0.25) is 0 Å². The number of pyridine rings is 1. The van der Waals surface area contributed by atoms with Gasteiger partial charge in [0.25, 0.3) is 5.56 Å². The molecule has 36 heavy (non-hydrogen) atoms. The van der Waals surface area contributed by atoms with Crippen LogP contribution in [0.1, 0.15) is 58.4 Å². The molecule has 10 nitrogen and oxygen atoms in total. The molecule has 10 heteroatoms. The molecule has 0 radical (unpaired) electrons. The number of amides is 1. The lowest BCUT2D eigenvalue weighted by Crippen LogP contribution is -2.48. The standard InChI is InChI=1S/C26H33N7O3/c1-15(2)8-17-11-29-33-21-13-31(25(35)36-26(4,5)6)16(3)9-18(21)24(34)32(23(17)33)22-10-19-20(12-27-22)30(7)14-28-19/h10-12,14-16H,8-9,13H2,1-7H3. The first-order valence-corrected chi connectivity index (χ1v) is 12.3. The predicted octanol–water partition coefficient (Wildman–Crippen LogP) is 3.65. The maximum Gasteiger partial charge on any atom is 0.410 e. The lowest BCUT2D eigenvalue weighted by atomic mass is 9.99. The molecule has 1 unspecified atom stereocenters. The Morgan fingerprint density at radius 2 is 1.97 bits per heavy atom. The van der Waals surface area contributed by atoms with Crippen molar-refractivity contribution in [2.24, 2.45) is 13.0 Å². The maximum atomic E-state index is 14.1. The molecule has 1 aliphatic rings. The van der Waals surface area contributed by atoms with E-state index in [2.05, 4.69) is 23.8 Å². The Labute approximate surface area is 209 Å². The maximum absolute atomic E-state index is 14.1. The van der Waals surface area contributed by atoms with Gasteiger partial charge in [-0.3, -0.25) is 9.69 Å². The van der Waals surface area contributed by atoms with Crippen molar-refractivity contribution in [1.29, 1.82) is 0 Å². The molecule has 0 fully saturated rings. The Morgan fingerprint density at radius 1 is 1.22 bits per heavy atom. The smallest absolute Gasteiger partial charge is 0.410 e. The molecule has 1 atom stereocenters. The van der Waals surface area contributed by atoms with Crippen LogP contribution in [-0.4, -0.2) is 51.4 Å². The van der Waals surface area contributed by atoms with Gasteiger partial charge in [-0.25, -0.2) is 23.8 Å². The Kier molecular flexibility index (Phi) is 5.65. The number of imidazole rings is 1. The SMILES string of the molecule is CC(C)Cc1cnn2c3c(c(=O)n(-c4cc5ncn(C)c5cn4)c12)CC(C)N(C(=O)OC(C)(C)C)C3. The molecule has 0 bridgehead atoms. The number of fused-ring (bicyclic) bond motifs is 4. The van der Waals surface area contributed by atoms with Crippen LogP contribution in [-0.2, 0) is 31.2 Å². The summed E-state index contributed by atoms with van der Waals surface area (Å²) in [5, 5.41) is 4.70. The molecule has 0 aromatic carbocycles. The lowest BCUT2D eigenvalue weighted by molar-refractivity contribution is 0.0131. The van der Waals surface area contributed by atoms with E-state index in [9.17, 15) is 9.59 Å². The summed E-state index contributed by atoms with van der Waals surface area (Å²) >= 11 is 0. The Bertz CT molecular complexity index is 1540. The van der Waals surface area contributed by atoms with E-state index in [1.165, 1.54) is 0 Å². The van der Waals surface area contributed by atoms with Gasteiger partial charge >= 0.3 is 6.09 Å². The molecule has 190 valence electrons. The Balaban J connectivity index is 1.72. The average Bonchev–Trinajstić information content (AvgIpc) is 3.36. The number of hydrogen-bond donors (Lipinski definition) is 0.